The summed E-state index contributed by atoms with van der Waals surface area (Å²) in [6, 6.07) is 8.27. The third-order valence-corrected chi connectivity index (χ3v) is 3.45. The van der Waals surface area contributed by atoms with Crippen molar-refractivity contribution in [1.82, 2.24) is 4.98 Å². The van der Waals surface area contributed by atoms with Gasteiger partial charge < -0.3 is 10.1 Å². The zero-order valence-electron chi connectivity index (χ0n) is 11.5. The highest BCUT2D eigenvalue weighted by molar-refractivity contribution is 6.35. The van der Waals surface area contributed by atoms with Crippen LogP contribution in [0, 0.1) is 0 Å². The summed E-state index contributed by atoms with van der Waals surface area (Å²) in [6.07, 6.45) is 2.42. The normalized spacial score (nSPS) is 10.3. The van der Waals surface area contributed by atoms with Gasteiger partial charge >= 0.3 is 0 Å². The standard InChI is InChI=1S/C15H13Cl3N2O2/c16-10-3-4-13(12(17)8-10)22-7-1-2-15(21)20-11-5-6-19-14(18)9-11/h3-6,8-9H,1-2,7H2,(H,19,20,21). The number of amides is 1. The van der Waals surface area contributed by atoms with E-state index in [0.717, 1.165) is 0 Å². The summed E-state index contributed by atoms with van der Waals surface area (Å²) in [5.41, 5.74) is 0.617. The quantitative estimate of drug-likeness (QED) is 0.593. The number of nitrogens with one attached hydrogen (secondary N) is 1. The second-order valence-corrected chi connectivity index (χ2v) is 5.67. The lowest BCUT2D eigenvalue weighted by molar-refractivity contribution is -0.116. The molecular weight excluding hydrogens is 347 g/mol. The molecule has 0 unspecified atom stereocenters. The fraction of sp³-hybridized carbons (Fsp3) is 0.200. The van der Waals surface area contributed by atoms with E-state index in [1.54, 1.807) is 30.3 Å². The van der Waals surface area contributed by atoms with Crippen LogP contribution in [-0.2, 0) is 4.79 Å². The smallest absolute Gasteiger partial charge is 0.224 e. The first-order valence-electron chi connectivity index (χ1n) is 6.54. The van der Waals surface area contributed by atoms with Crippen LogP contribution >= 0.6 is 34.8 Å². The number of anilines is 1. The first kappa shape index (κ1) is 16.9. The third-order valence-electron chi connectivity index (χ3n) is 2.71. The summed E-state index contributed by atoms with van der Waals surface area (Å²) in [5.74, 6) is 0.431. The van der Waals surface area contributed by atoms with E-state index < -0.39 is 0 Å². The second kappa shape index (κ2) is 8.22. The molecule has 4 nitrogen and oxygen atoms in total. The number of hydrogen-bond donors (Lipinski definition) is 1. The van der Waals surface area contributed by atoms with Crippen molar-refractivity contribution in [3.8, 4) is 5.75 Å². The molecule has 116 valence electrons. The molecule has 0 aliphatic rings. The van der Waals surface area contributed by atoms with Gasteiger partial charge in [0.25, 0.3) is 0 Å². The first-order chi connectivity index (χ1) is 10.5. The van der Waals surface area contributed by atoms with Gasteiger partial charge in [-0.2, -0.15) is 0 Å². The Morgan fingerprint density at radius 2 is 2.00 bits per heavy atom. The number of ether oxygens (including phenoxy) is 1. The molecule has 1 amide bonds. The highest BCUT2D eigenvalue weighted by Crippen LogP contribution is 2.27. The van der Waals surface area contributed by atoms with Gasteiger partial charge in [0, 0.05) is 23.3 Å². The summed E-state index contributed by atoms with van der Waals surface area (Å²) in [5, 5.41) is 4.07. The van der Waals surface area contributed by atoms with Gasteiger partial charge in [0.05, 0.1) is 11.6 Å². The molecule has 0 aliphatic heterocycles. The van der Waals surface area contributed by atoms with Crippen LogP contribution in [-0.4, -0.2) is 17.5 Å². The molecule has 0 radical (unpaired) electrons. The predicted octanol–water partition coefficient (Wildman–Crippen LogP) is 4.84. The first-order valence-corrected chi connectivity index (χ1v) is 7.67. The average Bonchev–Trinajstić information content (AvgIpc) is 2.45. The summed E-state index contributed by atoms with van der Waals surface area (Å²) in [7, 11) is 0. The van der Waals surface area contributed by atoms with Gasteiger partial charge in [0.2, 0.25) is 5.91 Å². The molecule has 1 N–H and O–H groups in total. The lowest BCUT2D eigenvalue weighted by Gasteiger charge is -2.08. The molecule has 0 aliphatic carbocycles. The van der Waals surface area contributed by atoms with Crippen LogP contribution < -0.4 is 10.1 Å². The molecule has 1 aromatic carbocycles. The summed E-state index contributed by atoms with van der Waals surface area (Å²) in [6.45, 7) is 0.381. The van der Waals surface area contributed by atoms with Gasteiger partial charge in [-0.05, 0) is 36.8 Å². The lowest BCUT2D eigenvalue weighted by Crippen LogP contribution is -2.12. The van der Waals surface area contributed by atoms with Crippen molar-refractivity contribution in [2.24, 2.45) is 0 Å². The van der Waals surface area contributed by atoms with E-state index in [9.17, 15) is 4.79 Å². The number of aromatic nitrogens is 1. The molecule has 1 aromatic heterocycles. The average molecular weight is 360 g/mol. The van der Waals surface area contributed by atoms with Gasteiger partial charge in [-0.15, -0.1) is 0 Å². The minimum Gasteiger partial charge on any atom is -0.492 e. The topological polar surface area (TPSA) is 51.2 Å². The highest BCUT2D eigenvalue weighted by Gasteiger charge is 2.05. The Labute approximate surface area is 143 Å². The van der Waals surface area contributed by atoms with Crippen LogP contribution in [0.4, 0.5) is 5.69 Å². The van der Waals surface area contributed by atoms with Gasteiger partial charge in [-0.1, -0.05) is 34.8 Å². The number of hydrogen-bond acceptors (Lipinski definition) is 3. The zero-order valence-corrected chi connectivity index (χ0v) is 13.8. The summed E-state index contributed by atoms with van der Waals surface area (Å²) >= 11 is 17.5. The van der Waals surface area contributed by atoms with Crippen molar-refractivity contribution in [3.05, 3.63) is 51.7 Å². The van der Waals surface area contributed by atoms with E-state index in [-0.39, 0.29) is 5.91 Å². The van der Waals surface area contributed by atoms with Crippen LogP contribution in [0.15, 0.2) is 36.5 Å². The molecule has 2 rings (SSSR count). The number of rotatable bonds is 6. The minimum atomic E-state index is -0.118. The number of benzene rings is 1. The van der Waals surface area contributed by atoms with Crippen molar-refractivity contribution in [2.45, 2.75) is 12.8 Å². The van der Waals surface area contributed by atoms with Gasteiger partial charge in [-0.3, -0.25) is 4.79 Å². The number of nitrogens with zero attached hydrogens (tertiary/aromatic N) is 1. The van der Waals surface area contributed by atoms with E-state index in [2.05, 4.69) is 10.3 Å². The van der Waals surface area contributed by atoms with Crippen molar-refractivity contribution < 1.29 is 9.53 Å². The molecule has 1 heterocycles. The molecule has 0 fully saturated rings. The molecule has 22 heavy (non-hydrogen) atoms. The number of carbonyl (C=O) groups is 1. The third kappa shape index (κ3) is 5.37. The largest absolute Gasteiger partial charge is 0.492 e. The van der Waals surface area contributed by atoms with Gasteiger partial charge in [-0.25, -0.2) is 4.98 Å². The molecule has 0 atom stereocenters. The van der Waals surface area contributed by atoms with Gasteiger partial charge in [0.1, 0.15) is 10.9 Å². The Kier molecular flexibility index (Phi) is 6.31. The van der Waals surface area contributed by atoms with E-state index in [1.807, 2.05) is 0 Å². The zero-order chi connectivity index (χ0) is 15.9. The Morgan fingerprint density at radius 1 is 1.18 bits per heavy atom. The van der Waals surface area contributed by atoms with E-state index in [4.69, 9.17) is 39.5 Å². The van der Waals surface area contributed by atoms with Crippen LogP contribution in [0.3, 0.4) is 0 Å². The van der Waals surface area contributed by atoms with Crippen molar-refractivity contribution in [1.29, 1.82) is 0 Å². The molecular formula is C15H13Cl3N2O2. The molecule has 7 heteroatoms. The fourth-order valence-electron chi connectivity index (χ4n) is 1.71. The summed E-state index contributed by atoms with van der Waals surface area (Å²) in [4.78, 5) is 15.6. The molecule has 2 aromatic rings. The number of pyridine rings is 1. The number of carbonyl (C=O) groups excluding carboxylic acids is 1. The summed E-state index contributed by atoms with van der Waals surface area (Å²) < 4.78 is 5.51. The number of halogens is 3. The van der Waals surface area contributed by atoms with E-state index in [0.29, 0.717) is 46.1 Å². The molecule has 0 bridgehead atoms. The van der Waals surface area contributed by atoms with Crippen molar-refractivity contribution >= 4 is 46.4 Å². The van der Waals surface area contributed by atoms with Gasteiger partial charge in [0.15, 0.2) is 0 Å². The minimum absolute atomic E-state index is 0.118. The maximum atomic E-state index is 11.8. The Balaban J connectivity index is 1.73. The molecule has 0 saturated carbocycles. The fourth-order valence-corrected chi connectivity index (χ4v) is 2.35. The Morgan fingerprint density at radius 3 is 2.73 bits per heavy atom. The van der Waals surface area contributed by atoms with Crippen LogP contribution in [0.25, 0.3) is 0 Å². The monoisotopic (exact) mass is 358 g/mol. The van der Waals surface area contributed by atoms with E-state index >= 15 is 0 Å². The predicted molar refractivity (Wildman–Crippen MR) is 89.1 cm³/mol. The highest BCUT2D eigenvalue weighted by atomic mass is 35.5. The van der Waals surface area contributed by atoms with Crippen LogP contribution in [0.5, 0.6) is 5.75 Å². The van der Waals surface area contributed by atoms with Crippen LogP contribution in [0.2, 0.25) is 15.2 Å². The maximum Gasteiger partial charge on any atom is 0.224 e. The van der Waals surface area contributed by atoms with Crippen molar-refractivity contribution in [2.75, 3.05) is 11.9 Å². The Hall–Kier alpha value is -1.49. The van der Waals surface area contributed by atoms with Crippen molar-refractivity contribution in [3.63, 3.8) is 0 Å². The SMILES string of the molecule is O=C(CCCOc1ccc(Cl)cc1Cl)Nc1ccnc(Cl)c1. The Bertz CT molecular complexity index is 665. The molecule has 0 spiro atoms. The lowest BCUT2D eigenvalue weighted by atomic mass is 10.3. The molecule has 0 saturated heterocycles. The van der Waals surface area contributed by atoms with Crippen LogP contribution in [0.1, 0.15) is 12.8 Å². The maximum absolute atomic E-state index is 11.8. The second-order valence-electron chi connectivity index (χ2n) is 4.44. The van der Waals surface area contributed by atoms with E-state index in [1.165, 1.54) is 6.20 Å².